The topological polar surface area (TPSA) is 55.7 Å². The number of esters is 1. The third-order valence-corrected chi connectivity index (χ3v) is 2.74. The number of benzene rings is 1. The van der Waals surface area contributed by atoms with Crippen molar-refractivity contribution < 1.29 is 9.53 Å². The van der Waals surface area contributed by atoms with Gasteiger partial charge >= 0.3 is 5.97 Å². The molecule has 78 valence electrons. The first kappa shape index (κ1) is 9.83. The van der Waals surface area contributed by atoms with E-state index >= 15 is 0 Å². The maximum atomic E-state index is 11.3. The van der Waals surface area contributed by atoms with Gasteiger partial charge in [-0.2, -0.15) is 4.91 Å². The minimum Gasteiger partial charge on any atom is -0.465 e. The molecule has 1 aliphatic carbocycles. The minimum absolute atomic E-state index is 0.301. The van der Waals surface area contributed by atoms with Crippen LogP contribution in [0.4, 0.5) is 0 Å². The number of hydrogen-bond acceptors (Lipinski definition) is 4. The normalized spacial score (nSPS) is 18.3. The molecule has 0 aliphatic heterocycles. The van der Waals surface area contributed by atoms with Gasteiger partial charge in [-0.15, -0.1) is 0 Å². The van der Waals surface area contributed by atoms with Crippen LogP contribution in [0.5, 0.6) is 0 Å². The fourth-order valence-electron chi connectivity index (χ4n) is 1.93. The van der Waals surface area contributed by atoms with Gasteiger partial charge in [-0.1, -0.05) is 11.2 Å². The van der Waals surface area contributed by atoms with Crippen LogP contribution in [0.3, 0.4) is 0 Å². The van der Waals surface area contributed by atoms with Crippen LogP contribution < -0.4 is 0 Å². The molecule has 1 aromatic rings. The lowest BCUT2D eigenvalue weighted by atomic mass is 10.0. The number of fused-ring (bicyclic) bond motifs is 1. The van der Waals surface area contributed by atoms with Crippen molar-refractivity contribution in [3.05, 3.63) is 39.8 Å². The van der Waals surface area contributed by atoms with E-state index in [9.17, 15) is 9.70 Å². The van der Waals surface area contributed by atoms with Gasteiger partial charge in [-0.25, -0.2) is 4.79 Å². The molecule has 1 atom stereocenters. The van der Waals surface area contributed by atoms with E-state index < -0.39 is 0 Å². The summed E-state index contributed by atoms with van der Waals surface area (Å²) in [6.07, 6.45) is 1.59. The third kappa shape index (κ3) is 1.63. The molecule has 0 N–H and O–H groups in total. The maximum Gasteiger partial charge on any atom is 0.337 e. The SMILES string of the molecule is COC(=O)c1ccc2c(c1)C(N=O)CC2. The van der Waals surface area contributed by atoms with Crippen LogP contribution >= 0.6 is 0 Å². The van der Waals surface area contributed by atoms with E-state index in [0.29, 0.717) is 5.56 Å². The second-order valence-corrected chi connectivity index (χ2v) is 3.57. The number of methoxy groups -OCH3 is 1. The van der Waals surface area contributed by atoms with Crippen molar-refractivity contribution in [3.63, 3.8) is 0 Å². The average molecular weight is 205 g/mol. The van der Waals surface area contributed by atoms with Crippen molar-refractivity contribution in [1.29, 1.82) is 0 Å². The van der Waals surface area contributed by atoms with Gasteiger partial charge in [0, 0.05) is 0 Å². The van der Waals surface area contributed by atoms with Crippen LogP contribution in [0, 0.1) is 4.91 Å². The van der Waals surface area contributed by atoms with Crippen molar-refractivity contribution >= 4 is 5.97 Å². The van der Waals surface area contributed by atoms with E-state index in [0.717, 1.165) is 24.0 Å². The van der Waals surface area contributed by atoms with Crippen LogP contribution in [0.1, 0.15) is 33.9 Å². The smallest absolute Gasteiger partial charge is 0.337 e. The molecule has 4 heteroatoms. The van der Waals surface area contributed by atoms with Crippen molar-refractivity contribution in [2.75, 3.05) is 7.11 Å². The number of aryl methyl sites for hydroxylation is 1. The minimum atomic E-state index is -0.380. The summed E-state index contributed by atoms with van der Waals surface area (Å²) < 4.78 is 4.62. The van der Waals surface area contributed by atoms with E-state index in [4.69, 9.17) is 0 Å². The third-order valence-electron chi connectivity index (χ3n) is 2.74. The molecule has 0 aromatic heterocycles. The van der Waals surface area contributed by atoms with E-state index in [1.54, 1.807) is 12.1 Å². The van der Waals surface area contributed by atoms with Gasteiger partial charge < -0.3 is 4.74 Å². The summed E-state index contributed by atoms with van der Waals surface area (Å²) >= 11 is 0. The molecule has 0 heterocycles. The second kappa shape index (κ2) is 3.81. The lowest BCUT2D eigenvalue weighted by Crippen LogP contribution is -2.02. The lowest BCUT2D eigenvalue weighted by Gasteiger charge is -2.04. The number of nitroso groups, excluding NO2 is 1. The maximum absolute atomic E-state index is 11.3. The van der Waals surface area contributed by atoms with Crippen molar-refractivity contribution in [1.82, 2.24) is 0 Å². The quantitative estimate of drug-likeness (QED) is 0.549. The first-order valence-corrected chi connectivity index (χ1v) is 4.80. The molecule has 2 rings (SSSR count). The number of ether oxygens (including phenoxy) is 1. The Morgan fingerprint density at radius 2 is 2.33 bits per heavy atom. The summed E-state index contributed by atoms with van der Waals surface area (Å²) in [5.74, 6) is -0.380. The highest BCUT2D eigenvalue weighted by Crippen LogP contribution is 2.34. The molecule has 0 spiro atoms. The predicted molar refractivity (Wildman–Crippen MR) is 54.6 cm³/mol. The van der Waals surface area contributed by atoms with Crippen LogP contribution in [-0.4, -0.2) is 13.1 Å². The molecule has 1 aromatic carbocycles. The largest absolute Gasteiger partial charge is 0.465 e. The Hall–Kier alpha value is -1.71. The molecule has 0 bridgehead atoms. The first-order valence-electron chi connectivity index (χ1n) is 4.80. The molecule has 0 fully saturated rings. The average Bonchev–Trinajstić information content (AvgIpc) is 2.69. The Balaban J connectivity index is 2.40. The highest BCUT2D eigenvalue weighted by molar-refractivity contribution is 5.89. The van der Waals surface area contributed by atoms with Crippen LogP contribution in [-0.2, 0) is 11.2 Å². The van der Waals surface area contributed by atoms with Gasteiger partial charge in [-0.05, 0) is 36.1 Å². The molecular weight excluding hydrogens is 194 g/mol. The molecular formula is C11H11NO3. The number of carbonyl (C=O) groups is 1. The Morgan fingerprint density at radius 1 is 1.53 bits per heavy atom. The summed E-state index contributed by atoms with van der Waals surface area (Å²) in [6, 6.07) is 5.00. The number of rotatable bonds is 2. The standard InChI is InChI=1S/C11H11NO3/c1-15-11(13)8-3-2-7-4-5-10(12-14)9(7)6-8/h2-3,6,10H,4-5H2,1H3. The summed E-state index contributed by atoms with van der Waals surface area (Å²) in [6.45, 7) is 0. The van der Waals surface area contributed by atoms with Gasteiger partial charge in [-0.3, -0.25) is 0 Å². The Kier molecular flexibility index (Phi) is 2.49. The summed E-state index contributed by atoms with van der Waals surface area (Å²) in [5, 5.41) is 3.05. The molecule has 4 nitrogen and oxygen atoms in total. The molecule has 0 amide bonds. The van der Waals surface area contributed by atoms with Gasteiger partial charge in [0.1, 0.15) is 6.04 Å². The summed E-state index contributed by atoms with van der Waals surface area (Å²) in [7, 11) is 1.34. The van der Waals surface area contributed by atoms with Crippen LogP contribution in [0.25, 0.3) is 0 Å². The van der Waals surface area contributed by atoms with E-state index in [1.165, 1.54) is 7.11 Å². The fourth-order valence-corrected chi connectivity index (χ4v) is 1.93. The van der Waals surface area contributed by atoms with E-state index in [1.807, 2.05) is 6.07 Å². The van der Waals surface area contributed by atoms with Gasteiger partial charge in [0.25, 0.3) is 0 Å². The van der Waals surface area contributed by atoms with Crippen molar-refractivity contribution in [2.24, 2.45) is 5.18 Å². The highest BCUT2D eigenvalue weighted by atomic mass is 16.5. The molecule has 1 unspecified atom stereocenters. The zero-order valence-corrected chi connectivity index (χ0v) is 8.40. The summed E-state index contributed by atoms with van der Waals surface area (Å²) in [5.41, 5.74) is 2.45. The predicted octanol–water partition coefficient (Wildman–Crippen LogP) is 2.23. The Bertz CT molecular complexity index is 414. The number of carbonyl (C=O) groups excluding carboxylic acids is 1. The molecule has 0 radical (unpaired) electrons. The number of nitrogens with zero attached hydrogens (tertiary/aromatic N) is 1. The van der Waals surface area contributed by atoms with Gasteiger partial charge in [0.05, 0.1) is 12.7 Å². The second-order valence-electron chi connectivity index (χ2n) is 3.57. The van der Waals surface area contributed by atoms with Crippen LogP contribution in [0.2, 0.25) is 0 Å². The monoisotopic (exact) mass is 205 g/mol. The van der Waals surface area contributed by atoms with Crippen molar-refractivity contribution in [3.8, 4) is 0 Å². The van der Waals surface area contributed by atoms with E-state index in [-0.39, 0.29) is 12.0 Å². The summed E-state index contributed by atoms with van der Waals surface area (Å²) in [4.78, 5) is 21.8. The Labute approximate surface area is 87.2 Å². The van der Waals surface area contributed by atoms with Gasteiger partial charge in [0.15, 0.2) is 0 Å². The molecule has 0 saturated carbocycles. The zero-order chi connectivity index (χ0) is 10.8. The molecule has 0 saturated heterocycles. The van der Waals surface area contributed by atoms with Crippen LogP contribution in [0.15, 0.2) is 23.4 Å². The van der Waals surface area contributed by atoms with E-state index in [2.05, 4.69) is 9.91 Å². The molecule has 1 aliphatic rings. The molecule has 15 heavy (non-hydrogen) atoms. The highest BCUT2D eigenvalue weighted by Gasteiger charge is 2.24. The fraction of sp³-hybridized carbons (Fsp3) is 0.364. The van der Waals surface area contributed by atoms with Gasteiger partial charge in [0.2, 0.25) is 0 Å². The lowest BCUT2D eigenvalue weighted by molar-refractivity contribution is 0.0600. The Morgan fingerprint density at radius 3 is 3.00 bits per heavy atom. The number of hydrogen-bond donors (Lipinski definition) is 0. The first-order chi connectivity index (χ1) is 7.26. The van der Waals surface area contributed by atoms with Crippen molar-refractivity contribution in [2.45, 2.75) is 18.9 Å². The zero-order valence-electron chi connectivity index (χ0n) is 8.40.